The number of alkyl halides is 3. The highest BCUT2D eigenvalue weighted by molar-refractivity contribution is 6.03. The molecule has 1 aromatic rings. The van der Waals surface area contributed by atoms with E-state index >= 15 is 0 Å². The smallest absolute Gasteiger partial charge is 0.439 e. The van der Waals surface area contributed by atoms with Crippen LogP contribution in [0, 0.1) is 5.82 Å². The zero-order valence-corrected chi connectivity index (χ0v) is 11.4. The second-order valence-electron chi connectivity index (χ2n) is 4.56. The number of hydrogen-bond donors (Lipinski definition) is 1. The van der Waals surface area contributed by atoms with Crippen molar-refractivity contribution < 1.29 is 32.2 Å². The Labute approximate surface area is 122 Å². The van der Waals surface area contributed by atoms with Crippen molar-refractivity contribution in [1.29, 1.82) is 0 Å². The summed E-state index contributed by atoms with van der Waals surface area (Å²) in [5.74, 6) is -0.573. The average molecular weight is 320 g/mol. The maximum Gasteiger partial charge on any atom is 0.439 e. The summed E-state index contributed by atoms with van der Waals surface area (Å²) < 4.78 is 56.7. The zero-order chi connectivity index (χ0) is 16.5. The Bertz CT molecular complexity index is 600. The standard InChI is InChI=1S/C13H12F4N2O3/c1-2-22-11(20)19-12(21,13(15,16)17)7-10(18-19)8-3-5-9(14)6-4-8/h3-6,21H,2,7H2,1H3/t12-/m0/s1. The minimum Gasteiger partial charge on any atom is -0.448 e. The first-order valence-corrected chi connectivity index (χ1v) is 6.28. The van der Waals surface area contributed by atoms with Gasteiger partial charge in [0, 0.05) is 0 Å². The number of benzene rings is 1. The van der Waals surface area contributed by atoms with Gasteiger partial charge in [-0.2, -0.15) is 23.3 Å². The van der Waals surface area contributed by atoms with Crippen molar-refractivity contribution in [1.82, 2.24) is 5.01 Å². The van der Waals surface area contributed by atoms with E-state index in [2.05, 4.69) is 9.84 Å². The molecule has 0 aromatic heterocycles. The quantitative estimate of drug-likeness (QED) is 0.852. The van der Waals surface area contributed by atoms with Gasteiger partial charge in [0.2, 0.25) is 0 Å². The van der Waals surface area contributed by atoms with Gasteiger partial charge in [0.15, 0.2) is 0 Å². The second-order valence-corrected chi connectivity index (χ2v) is 4.56. The predicted octanol–water partition coefficient (Wildman–Crippen LogP) is 2.64. The van der Waals surface area contributed by atoms with Crippen molar-refractivity contribution in [2.24, 2.45) is 5.10 Å². The lowest BCUT2D eigenvalue weighted by atomic mass is 10.0. The van der Waals surface area contributed by atoms with E-state index < -0.39 is 30.2 Å². The normalized spacial score (nSPS) is 21.7. The van der Waals surface area contributed by atoms with Crippen LogP contribution in [0.2, 0.25) is 0 Å². The molecule has 0 unspecified atom stereocenters. The third-order valence-electron chi connectivity index (χ3n) is 3.06. The Hall–Kier alpha value is -2.16. The van der Waals surface area contributed by atoms with Gasteiger partial charge in [-0.05, 0) is 24.6 Å². The fourth-order valence-corrected chi connectivity index (χ4v) is 1.95. The van der Waals surface area contributed by atoms with Crippen molar-refractivity contribution >= 4 is 11.8 Å². The molecule has 0 saturated carbocycles. The summed E-state index contributed by atoms with van der Waals surface area (Å²) in [6.45, 7) is 1.23. The summed E-state index contributed by atoms with van der Waals surface area (Å²) in [5, 5.41) is 13.3. The molecular weight excluding hydrogens is 308 g/mol. The average Bonchev–Trinajstić information content (AvgIpc) is 2.79. The molecule has 1 amide bonds. The number of ether oxygens (including phenoxy) is 1. The monoisotopic (exact) mass is 320 g/mol. The van der Waals surface area contributed by atoms with Crippen molar-refractivity contribution in [2.45, 2.75) is 25.2 Å². The molecule has 1 atom stereocenters. The van der Waals surface area contributed by atoms with Gasteiger partial charge < -0.3 is 9.84 Å². The van der Waals surface area contributed by atoms with Gasteiger partial charge in [0.25, 0.3) is 5.72 Å². The minimum absolute atomic E-state index is 0.130. The lowest BCUT2D eigenvalue weighted by Crippen LogP contribution is -2.56. The van der Waals surface area contributed by atoms with Crippen LogP contribution in [0.4, 0.5) is 22.4 Å². The number of nitrogens with zero attached hydrogens (tertiary/aromatic N) is 2. The molecule has 0 fully saturated rings. The molecular formula is C13H12F4N2O3. The summed E-state index contributed by atoms with van der Waals surface area (Å²) >= 11 is 0. The van der Waals surface area contributed by atoms with E-state index in [1.54, 1.807) is 0 Å². The summed E-state index contributed by atoms with van der Waals surface area (Å²) in [5.41, 5.74) is -3.54. The fraction of sp³-hybridized carbons (Fsp3) is 0.385. The Balaban J connectivity index is 2.40. The van der Waals surface area contributed by atoms with Gasteiger partial charge in [-0.3, -0.25) is 0 Å². The zero-order valence-electron chi connectivity index (χ0n) is 11.4. The molecule has 2 rings (SSSR count). The molecule has 120 valence electrons. The molecule has 0 radical (unpaired) electrons. The van der Waals surface area contributed by atoms with E-state index in [0.717, 1.165) is 12.1 Å². The van der Waals surface area contributed by atoms with Gasteiger partial charge in [-0.25, -0.2) is 9.18 Å². The Morgan fingerprint density at radius 1 is 1.41 bits per heavy atom. The first-order valence-electron chi connectivity index (χ1n) is 6.28. The number of hydrazone groups is 1. The van der Waals surface area contributed by atoms with Crippen LogP contribution in [0.3, 0.4) is 0 Å². The van der Waals surface area contributed by atoms with Crippen LogP contribution >= 0.6 is 0 Å². The van der Waals surface area contributed by atoms with Crippen molar-refractivity contribution in [3.8, 4) is 0 Å². The first-order chi connectivity index (χ1) is 10.2. The number of rotatable bonds is 2. The van der Waals surface area contributed by atoms with Crippen molar-refractivity contribution in [2.75, 3.05) is 6.61 Å². The lowest BCUT2D eigenvalue weighted by Gasteiger charge is -2.31. The molecule has 0 bridgehead atoms. The van der Waals surface area contributed by atoms with E-state index in [1.807, 2.05) is 0 Å². The number of amides is 1. The maximum atomic E-state index is 13.1. The largest absolute Gasteiger partial charge is 0.448 e. The summed E-state index contributed by atoms with van der Waals surface area (Å²) in [6, 6.07) is 4.49. The molecule has 1 aliphatic heterocycles. The van der Waals surface area contributed by atoms with Crippen LogP contribution in [0.15, 0.2) is 29.4 Å². The molecule has 22 heavy (non-hydrogen) atoms. The van der Waals surface area contributed by atoms with Crippen LogP contribution < -0.4 is 0 Å². The minimum atomic E-state index is -5.13. The number of aliphatic hydroxyl groups is 1. The number of carbonyl (C=O) groups is 1. The Kier molecular flexibility index (Phi) is 4.10. The Morgan fingerprint density at radius 3 is 2.50 bits per heavy atom. The second kappa shape index (κ2) is 5.56. The Morgan fingerprint density at radius 2 is 2.00 bits per heavy atom. The van der Waals surface area contributed by atoms with Crippen LogP contribution in [0.1, 0.15) is 18.9 Å². The van der Waals surface area contributed by atoms with Gasteiger partial charge in [-0.1, -0.05) is 12.1 Å². The third kappa shape index (κ3) is 2.76. The van der Waals surface area contributed by atoms with E-state index in [4.69, 9.17) is 0 Å². The van der Waals surface area contributed by atoms with Gasteiger partial charge >= 0.3 is 12.3 Å². The lowest BCUT2D eigenvalue weighted by molar-refractivity contribution is -0.299. The van der Waals surface area contributed by atoms with Crippen LogP contribution in [0.25, 0.3) is 0 Å². The molecule has 5 nitrogen and oxygen atoms in total. The highest BCUT2D eigenvalue weighted by Gasteiger charge is 2.64. The van der Waals surface area contributed by atoms with Gasteiger partial charge in [-0.15, -0.1) is 0 Å². The van der Waals surface area contributed by atoms with E-state index in [1.165, 1.54) is 19.1 Å². The van der Waals surface area contributed by atoms with Crippen LogP contribution in [-0.4, -0.2) is 40.4 Å². The van der Waals surface area contributed by atoms with Crippen LogP contribution in [-0.2, 0) is 4.74 Å². The topological polar surface area (TPSA) is 62.1 Å². The first kappa shape index (κ1) is 16.2. The SMILES string of the molecule is CCOC(=O)N1N=C(c2ccc(F)cc2)C[C@]1(O)C(F)(F)F. The molecule has 0 spiro atoms. The molecule has 0 aliphatic carbocycles. The molecule has 0 saturated heterocycles. The number of carbonyl (C=O) groups excluding carboxylic acids is 1. The van der Waals surface area contributed by atoms with Crippen molar-refractivity contribution in [3.63, 3.8) is 0 Å². The molecule has 1 N–H and O–H groups in total. The molecule has 1 aromatic carbocycles. The molecule has 1 heterocycles. The number of halogens is 4. The fourth-order valence-electron chi connectivity index (χ4n) is 1.95. The predicted molar refractivity (Wildman–Crippen MR) is 67.4 cm³/mol. The summed E-state index contributed by atoms with van der Waals surface area (Å²) in [7, 11) is 0. The molecule has 9 heteroatoms. The third-order valence-corrected chi connectivity index (χ3v) is 3.06. The van der Waals surface area contributed by atoms with Crippen molar-refractivity contribution in [3.05, 3.63) is 35.6 Å². The highest BCUT2D eigenvalue weighted by Crippen LogP contribution is 2.41. The highest BCUT2D eigenvalue weighted by atomic mass is 19.4. The van der Waals surface area contributed by atoms with E-state index in [9.17, 15) is 27.5 Å². The summed E-state index contributed by atoms with van der Waals surface area (Å²) in [6.07, 6.45) is -7.52. The van der Waals surface area contributed by atoms with E-state index in [-0.39, 0.29) is 22.9 Å². The van der Waals surface area contributed by atoms with Gasteiger partial charge in [0.1, 0.15) is 5.82 Å². The maximum absolute atomic E-state index is 13.1. The summed E-state index contributed by atoms with van der Waals surface area (Å²) in [4.78, 5) is 11.6. The number of hydrogen-bond acceptors (Lipinski definition) is 4. The van der Waals surface area contributed by atoms with Crippen LogP contribution in [0.5, 0.6) is 0 Å². The van der Waals surface area contributed by atoms with Gasteiger partial charge in [0.05, 0.1) is 18.7 Å². The molecule has 1 aliphatic rings. The van der Waals surface area contributed by atoms with E-state index in [0.29, 0.717) is 0 Å².